The Balaban J connectivity index is 1.70. The summed E-state index contributed by atoms with van der Waals surface area (Å²) in [4.78, 5) is 11.1. The molecule has 3 rings (SSSR count). The van der Waals surface area contributed by atoms with E-state index in [4.69, 9.17) is 5.73 Å². The van der Waals surface area contributed by atoms with Crippen molar-refractivity contribution < 1.29 is 0 Å². The van der Waals surface area contributed by atoms with Crippen LogP contribution in [-0.2, 0) is 0 Å². The summed E-state index contributed by atoms with van der Waals surface area (Å²) in [6.45, 7) is 2.24. The summed E-state index contributed by atoms with van der Waals surface area (Å²) in [7, 11) is 2.15. The number of nitrogens with two attached hydrogens (primary N) is 1. The van der Waals surface area contributed by atoms with Crippen molar-refractivity contribution in [3.05, 3.63) is 42.2 Å². The van der Waals surface area contributed by atoms with Gasteiger partial charge in [0.15, 0.2) is 0 Å². The third-order valence-electron chi connectivity index (χ3n) is 3.68. The van der Waals surface area contributed by atoms with Crippen LogP contribution in [0.1, 0.15) is 17.9 Å². The molecule has 1 aromatic heterocycles. The Morgan fingerprint density at radius 2 is 2.10 bits per heavy atom. The number of likely N-dealkylation sites (tertiary alicyclic amines) is 1. The second kappa shape index (κ2) is 5.46. The Labute approximate surface area is 118 Å². The molecular weight excluding hydrogens is 250 g/mol. The Bertz CT molecular complexity index is 581. The van der Waals surface area contributed by atoms with E-state index in [1.165, 1.54) is 12.0 Å². The molecule has 1 unspecified atom stereocenters. The smallest absolute Gasteiger partial charge is 0.227 e. The molecule has 0 amide bonds. The summed E-state index contributed by atoms with van der Waals surface area (Å²) < 4.78 is 0. The molecule has 5 nitrogen and oxygen atoms in total. The summed E-state index contributed by atoms with van der Waals surface area (Å²) in [6, 6.07) is 7.56. The highest BCUT2D eigenvalue weighted by Gasteiger charge is 2.21. The van der Waals surface area contributed by atoms with Gasteiger partial charge in [-0.3, -0.25) is 0 Å². The normalized spacial score (nSPS) is 19.1. The van der Waals surface area contributed by atoms with Gasteiger partial charge in [-0.05, 0) is 43.8 Å². The molecule has 1 fully saturated rings. The monoisotopic (exact) mass is 269 g/mol. The third-order valence-corrected chi connectivity index (χ3v) is 3.68. The highest BCUT2D eigenvalue weighted by molar-refractivity contribution is 5.59. The number of anilines is 3. The summed E-state index contributed by atoms with van der Waals surface area (Å²) in [5.74, 6) is 1.16. The standard InChI is InChI=1S/C15H19N5/c1-20-6-5-11(10-20)12-8-17-15(18-9-12)19-14-4-2-3-13(16)7-14/h2-4,7-9,11H,5-6,10,16H2,1H3,(H,17,18,19). The van der Waals surface area contributed by atoms with Crippen LogP contribution in [0, 0.1) is 0 Å². The Morgan fingerprint density at radius 3 is 2.75 bits per heavy atom. The number of rotatable bonds is 3. The predicted molar refractivity (Wildman–Crippen MR) is 81.0 cm³/mol. The van der Waals surface area contributed by atoms with Crippen molar-refractivity contribution in [2.24, 2.45) is 0 Å². The van der Waals surface area contributed by atoms with Gasteiger partial charge in [-0.15, -0.1) is 0 Å². The number of nitrogens with one attached hydrogen (secondary N) is 1. The van der Waals surface area contributed by atoms with Gasteiger partial charge < -0.3 is 16.0 Å². The van der Waals surface area contributed by atoms with Gasteiger partial charge in [-0.25, -0.2) is 9.97 Å². The molecule has 1 aliphatic heterocycles. The first kappa shape index (κ1) is 12.9. The highest BCUT2D eigenvalue weighted by atomic mass is 15.1. The van der Waals surface area contributed by atoms with E-state index in [1.54, 1.807) is 0 Å². The van der Waals surface area contributed by atoms with Crippen LogP contribution in [0.25, 0.3) is 0 Å². The van der Waals surface area contributed by atoms with Gasteiger partial charge in [0.1, 0.15) is 0 Å². The number of hydrogen-bond donors (Lipinski definition) is 2. The van der Waals surface area contributed by atoms with Crippen LogP contribution in [0.4, 0.5) is 17.3 Å². The second-order valence-electron chi connectivity index (χ2n) is 5.34. The van der Waals surface area contributed by atoms with Crippen LogP contribution in [0.2, 0.25) is 0 Å². The Kier molecular flexibility index (Phi) is 3.52. The number of hydrogen-bond acceptors (Lipinski definition) is 5. The zero-order valence-electron chi connectivity index (χ0n) is 11.6. The number of aromatic nitrogens is 2. The molecule has 104 valence electrons. The van der Waals surface area contributed by atoms with Gasteiger partial charge in [-0.1, -0.05) is 6.07 Å². The lowest BCUT2D eigenvalue weighted by Crippen LogP contribution is -2.13. The number of nitrogen functional groups attached to an aromatic ring is 1. The van der Waals surface area contributed by atoms with E-state index in [2.05, 4.69) is 27.2 Å². The Hall–Kier alpha value is -2.14. The van der Waals surface area contributed by atoms with Crippen LogP contribution < -0.4 is 11.1 Å². The summed E-state index contributed by atoms with van der Waals surface area (Å²) in [5, 5.41) is 3.16. The lowest BCUT2D eigenvalue weighted by atomic mass is 10.0. The lowest BCUT2D eigenvalue weighted by Gasteiger charge is -2.11. The van der Waals surface area contributed by atoms with Crippen LogP contribution >= 0.6 is 0 Å². The molecule has 0 bridgehead atoms. The van der Waals surface area contributed by atoms with Gasteiger partial charge >= 0.3 is 0 Å². The molecular formula is C15H19N5. The minimum atomic E-state index is 0.557. The zero-order valence-corrected chi connectivity index (χ0v) is 11.6. The molecule has 1 atom stereocenters. The molecule has 0 saturated carbocycles. The molecule has 20 heavy (non-hydrogen) atoms. The quantitative estimate of drug-likeness (QED) is 0.836. The van der Waals surface area contributed by atoms with Crippen molar-refractivity contribution >= 4 is 17.3 Å². The SMILES string of the molecule is CN1CCC(c2cnc(Nc3cccc(N)c3)nc2)C1. The van der Waals surface area contributed by atoms with Gasteiger partial charge in [0.05, 0.1) is 0 Å². The first-order chi connectivity index (χ1) is 9.70. The first-order valence-corrected chi connectivity index (χ1v) is 6.84. The van der Waals surface area contributed by atoms with Gasteiger partial charge in [0.25, 0.3) is 0 Å². The number of benzene rings is 1. The van der Waals surface area contributed by atoms with Crippen LogP contribution in [0.15, 0.2) is 36.7 Å². The molecule has 1 aromatic carbocycles. The molecule has 3 N–H and O–H groups in total. The highest BCUT2D eigenvalue weighted by Crippen LogP contribution is 2.25. The van der Waals surface area contributed by atoms with Crippen molar-refractivity contribution in [3.8, 4) is 0 Å². The van der Waals surface area contributed by atoms with E-state index in [9.17, 15) is 0 Å². The molecule has 2 heterocycles. The lowest BCUT2D eigenvalue weighted by molar-refractivity contribution is 0.411. The van der Waals surface area contributed by atoms with Crippen LogP contribution in [-0.4, -0.2) is 35.0 Å². The van der Waals surface area contributed by atoms with Crippen molar-refractivity contribution in [2.45, 2.75) is 12.3 Å². The average molecular weight is 269 g/mol. The fourth-order valence-electron chi connectivity index (χ4n) is 2.57. The van der Waals surface area contributed by atoms with Crippen LogP contribution in [0.3, 0.4) is 0 Å². The van der Waals surface area contributed by atoms with Crippen molar-refractivity contribution in [3.63, 3.8) is 0 Å². The summed E-state index contributed by atoms with van der Waals surface area (Å²) in [5.41, 5.74) is 8.59. The summed E-state index contributed by atoms with van der Waals surface area (Å²) >= 11 is 0. The van der Waals surface area contributed by atoms with E-state index >= 15 is 0 Å². The average Bonchev–Trinajstić information content (AvgIpc) is 2.86. The molecule has 0 aliphatic carbocycles. The number of nitrogens with zero attached hydrogens (tertiary/aromatic N) is 3. The molecule has 0 radical (unpaired) electrons. The molecule has 1 saturated heterocycles. The minimum absolute atomic E-state index is 0.557. The minimum Gasteiger partial charge on any atom is -0.399 e. The predicted octanol–water partition coefficient (Wildman–Crippen LogP) is 2.22. The first-order valence-electron chi connectivity index (χ1n) is 6.84. The summed E-state index contributed by atoms with van der Waals surface area (Å²) in [6.07, 6.45) is 5.03. The maximum absolute atomic E-state index is 5.75. The van der Waals surface area contributed by atoms with Crippen molar-refractivity contribution in [1.29, 1.82) is 0 Å². The van der Waals surface area contributed by atoms with Crippen molar-refractivity contribution in [2.75, 3.05) is 31.2 Å². The van der Waals surface area contributed by atoms with E-state index in [-0.39, 0.29) is 0 Å². The van der Waals surface area contributed by atoms with E-state index in [0.29, 0.717) is 11.9 Å². The molecule has 1 aliphatic rings. The maximum Gasteiger partial charge on any atom is 0.227 e. The van der Waals surface area contributed by atoms with Gasteiger partial charge in [0.2, 0.25) is 5.95 Å². The van der Waals surface area contributed by atoms with Gasteiger partial charge in [-0.2, -0.15) is 0 Å². The third kappa shape index (κ3) is 2.88. The molecule has 5 heteroatoms. The van der Waals surface area contributed by atoms with E-state index in [1.807, 2.05) is 36.7 Å². The second-order valence-corrected chi connectivity index (χ2v) is 5.34. The van der Waals surface area contributed by atoms with Gasteiger partial charge in [0, 0.05) is 36.2 Å². The van der Waals surface area contributed by atoms with E-state index < -0.39 is 0 Å². The van der Waals surface area contributed by atoms with Crippen molar-refractivity contribution in [1.82, 2.24) is 14.9 Å². The number of likely N-dealkylation sites (N-methyl/N-ethyl adjacent to an activating group) is 1. The zero-order chi connectivity index (χ0) is 13.9. The molecule has 2 aromatic rings. The maximum atomic E-state index is 5.75. The fraction of sp³-hybridized carbons (Fsp3) is 0.333. The Morgan fingerprint density at radius 1 is 1.30 bits per heavy atom. The largest absolute Gasteiger partial charge is 0.399 e. The molecule has 0 spiro atoms. The topological polar surface area (TPSA) is 67.1 Å². The van der Waals surface area contributed by atoms with Crippen LogP contribution in [0.5, 0.6) is 0 Å². The fourth-order valence-corrected chi connectivity index (χ4v) is 2.57. The van der Waals surface area contributed by atoms with E-state index in [0.717, 1.165) is 24.5 Å².